The maximum Gasteiger partial charge on any atom is 0.315 e. The number of ether oxygens (including phenoxy) is 2. The number of esters is 1. The van der Waals surface area contributed by atoms with E-state index < -0.39 is 0 Å². The second-order valence-corrected chi connectivity index (χ2v) is 5.63. The summed E-state index contributed by atoms with van der Waals surface area (Å²) in [5.74, 6) is 1.93. The van der Waals surface area contributed by atoms with E-state index in [4.69, 9.17) is 4.74 Å². The summed E-state index contributed by atoms with van der Waals surface area (Å²) in [6, 6.07) is 8.37. The molecular weight excluding hydrogens is 286 g/mol. The average molecular weight is 311 g/mol. The standard InChI is InChI=1S/C16H25NO3S/c1-4-10-17-15(11-21-12-16(18)19-3)13-6-8-14(9-7-13)20-5-2/h6-9,15,17H,4-5,10-12H2,1-3H3. The minimum absolute atomic E-state index is 0.180. The topological polar surface area (TPSA) is 47.6 Å². The third kappa shape index (κ3) is 6.87. The van der Waals surface area contributed by atoms with Crippen molar-refractivity contribution in [1.29, 1.82) is 0 Å². The molecule has 0 radical (unpaired) electrons. The predicted molar refractivity (Wildman–Crippen MR) is 88.0 cm³/mol. The van der Waals surface area contributed by atoms with E-state index in [-0.39, 0.29) is 12.0 Å². The van der Waals surface area contributed by atoms with E-state index in [0.29, 0.717) is 12.4 Å². The first-order chi connectivity index (χ1) is 10.2. The number of hydrogen-bond donors (Lipinski definition) is 1. The molecule has 1 aromatic rings. The Bertz CT molecular complexity index is 408. The largest absolute Gasteiger partial charge is 0.494 e. The van der Waals surface area contributed by atoms with Gasteiger partial charge in [0, 0.05) is 11.8 Å². The van der Waals surface area contributed by atoms with Crippen LogP contribution in [0.3, 0.4) is 0 Å². The number of methoxy groups -OCH3 is 1. The van der Waals surface area contributed by atoms with Crippen molar-refractivity contribution in [3.63, 3.8) is 0 Å². The lowest BCUT2D eigenvalue weighted by atomic mass is 10.1. The predicted octanol–water partition coefficient (Wildman–Crippen LogP) is 3.03. The molecule has 4 nitrogen and oxygen atoms in total. The summed E-state index contributed by atoms with van der Waals surface area (Å²) in [6.07, 6.45) is 1.08. The van der Waals surface area contributed by atoms with Crippen LogP contribution in [-0.2, 0) is 9.53 Å². The van der Waals surface area contributed by atoms with Crippen LogP contribution in [-0.4, -0.2) is 37.7 Å². The summed E-state index contributed by atoms with van der Waals surface area (Å²) >= 11 is 1.59. The highest BCUT2D eigenvalue weighted by atomic mass is 32.2. The zero-order chi connectivity index (χ0) is 15.5. The quantitative estimate of drug-likeness (QED) is 0.673. The smallest absolute Gasteiger partial charge is 0.315 e. The van der Waals surface area contributed by atoms with Crippen molar-refractivity contribution < 1.29 is 14.3 Å². The number of thioether (sulfide) groups is 1. The summed E-state index contributed by atoms with van der Waals surface area (Å²) < 4.78 is 10.1. The Morgan fingerprint density at radius 3 is 2.57 bits per heavy atom. The van der Waals surface area contributed by atoms with Gasteiger partial charge in [0.15, 0.2) is 0 Å². The molecule has 0 saturated carbocycles. The maximum atomic E-state index is 11.2. The lowest BCUT2D eigenvalue weighted by molar-refractivity contribution is -0.137. The summed E-state index contributed by atoms with van der Waals surface area (Å²) in [5, 5.41) is 3.52. The Balaban J connectivity index is 2.60. The molecule has 118 valence electrons. The van der Waals surface area contributed by atoms with Crippen LogP contribution in [0.4, 0.5) is 0 Å². The van der Waals surface area contributed by atoms with Gasteiger partial charge in [0.1, 0.15) is 5.75 Å². The van der Waals surface area contributed by atoms with E-state index in [2.05, 4.69) is 29.1 Å². The highest BCUT2D eigenvalue weighted by molar-refractivity contribution is 7.99. The van der Waals surface area contributed by atoms with Gasteiger partial charge >= 0.3 is 5.97 Å². The van der Waals surface area contributed by atoms with Crippen molar-refractivity contribution in [2.24, 2.45) is 0 Å². The van der Waals surface area contributed by atoms with E-state index >= 15 is 0 Å². The third-order valence-corrected chi connectivity index (χ3v) is 3.98. The molecule has 0 fully saturated rings. The number of carbonyl (C=O) groups excluding carboxylic acids is 1. The van der Waals surface area contributed by atoms with Gasteiger partial charge < -0.3 is 14.8 Å². The van der Waals surface area contributed by atoms with Crippen molar-refractivity contribution in [2.45, 2.75) is 26.3 Å². The Labute approximate surface area is 131 Å². The second kappa shape index (κ2) is 10.5. The molecule has 0 aliphatic heterocycles. The number of hydrogen-bond acceptors (Lipinski definition) is 5. The molecular formula is C16H25NO3S. The lowest BCUT2D eigenvalue weighted by Gasteiger charge is -2.19. The SMILES string of the molecule is CCCNC(CSCC(=O)OC)c1ccc(OCC)cc1. The maximum absolute atomic E-state index is 11.2. The molecule has 1 aromatic carbocycles. The van der Waals surface area contributed by atoms with Crippen LogP contribution in [0.2, 0.25) is 0 Å². The second-order valence-electron chi connectivity index (χ2n) is 4.60. The fourth-order valence-electron chi connectivity index (χ4n) is 1.87. The lowest BCUT2D eigenvalue weighted by Crippen LogP contribution is -2.24. The Hall–Kier alpha value is -1.20. The summed E-state index contributed by atoms with van der Waals surface area (Å²) in [4.78, 5) is 11.2. The van der Waals surface area contributed by atoms with Crippen molar-refractivity contribution in [3.05, 3.63) is 29.8 Å². The van der Waals surface area contributed by atoms with Gasteiger partial charge in [-0.25, -0.2) is 0 Å². The zero-order valence-electron chi connectivity index (χ0n) is 13.1. The minimum atomic E-state index is -0.180. The molecule has 0 aliphatic rings. The van der Waals surface area contributed by atoms with E-state index in [1.807, 2.05) is 19.1 Å². The van der Waals surface area contributed by atoms with Crippen molar-refractivity contribution in [2.75, 3.05) is 31.8 Å². The molecule has 0 heterocycles. The van der Waals surface area contributed by atoms with Crippen molar-refractivity contribution in [3.8, 4) is 5.75 Å². The van der Waals surface area contributed by atoms with Gasteiger partial charge in [-0.2, -0.15) is 0 Å². The first-order valence-electron chi connectivity index (χ1n) is 7.31. The molecule has 21 heavy (non-hydrogen) atoms. The van der Waals surface area contributed by atoms with Gasteiger partial charge in [0.2, 0.25) is 0 Å². The first kappa shape index (κ1) is 17.9. The van der Waals surface area contributed by atoms with E-state index in [1.54, 1.807) is 11.8 Å². The number of rotatable bonds is 10. The van der Waals surface area contributed by atoms with Crippen LogP contribution in [0.5, 0.6) is 5.75 Å². The molecule has 0 bridgehead atoms. The molecule has 5 heteroatoms. The van der Waals surface area contributed by atoms with Crippen LogP contribution in [0.25, 0.3) is 0 Å². The summed E-state index contributed by atoms with van der Waals surface area (Å²) in [5.41, 5.74) is 1.21. The van der Waals surface area contributed by atoms with Gasteiger partial charge in [-0.1, -0.05) is 19.1 Å². The van der Waals surface area contributed by atoms with Gasteiger partial charge in [-0.05, 0) is 37.6 Å². The summed E-state index contributed by atoms with van der Waals surface area (Å²) in [7, 11) is 1.42. The molecule has 1 N–H and O–H groups in total. The van der Waals surface area contributed by atoms with E-state index in [0.717, 1.165) is 24.5 Å². The number of carbonyl (C=O) groups is 1. The number of nitrogens with one attached hydrogen (secondary N) is 1. The fraction of sp³-hybridized carbons (Fsp3) is 0.562. The normalized spacial score (nSPS) is 12.0. The monoisotopic (exact) mass is 311 g/mol. The third-order valence-electron chi connectivity index (χ3n) is 2.97. The van der Waals surface area contributed by atoms with Crippen LogP contribution in [0, 0.1) is 0 Å². The Kier molecular flexibility index (Phi) is 8.94. The molecule has 0 aromatic heterocycles. The average Bonchev–Trinajstić information content (AvgIpc) is 2.51. The highest BCUT2D eigenvalue weighted by Crippen LogP contribution is 2.21. The summed E-state index contributed by atoms with van der Waals surface area (Å²) in [6.45, 7) is 5.75. The van der Waals surface area contributed by atoms with Crippen LogP contribution in [0.15, 0.2) is 24.3 Å². The van der Waals surface area contributed by atoms with Gasteiger partial charge in [-0.3, -0.25) is 4.79 Å². The van der Waals surface area contributed by atoms with E-state index in [1.165, 1.54) is 12.7 Å². The van der Waals surface area contributed by atoms with Crippen LogP contribution in [0.1, 0.15) is 31.9 Å². The molecule has 0 amide bonds. The highest BCUT2D eigenvalue weighted by Gasteiger charge is 2.12. The molecule has 1 unspecified atom stereocenters. The minimum Gasteiger partial charge on any atom is -0.494 e. The van der Waals surface area contributed by atoms with Gasteiger partial charge in [-0.15, -0.1) is 11.8 Å². The fourth-order valence-corrected chi connectivity index (χ4v) is 2.82. The molecule has 0 saturated heterocycles. The number of benzene rings is 1. The molecule has 1 rings (SSSR count). The molecule has 1 atom stereocenters. The van der Waals surface area contributed by atoms with Crippen LogP contribution >= 0.6 is 11.8 Å². The van der Waals surface area contributed by atoms with Crippen LogP contribution < -0.4 is 10.1 Å². The first-order valence-corrected chi connectivity index (χ1v) is 8.47. The van der Waals surface area contributed by atoms with Crippen molar-refractivity contribution in [1.82, 2.24) is 5.32 Å². The molecule has 0 aliphatic carbocycles. The Morgan fingerprint density at radius 1 is 1.29 bits per heavy atom. The zero-order valence-corrected chi connectivity index (χ0v) is 13.9. The van der Waals surface area contributed by atoms with Crippen molar-refractivity contribution >= 4 is 17.7 Å². The molecule has 0 spiro atoms. The van der Waals surface area contributed by atoms with E-state index in [9.17, 15) is 4.79 Å². The Morgan fingerprint density at radius 2 is 2.00 bits per heavy atom. The van der Waals surface area contributed by atoms with Gasteiger partial charge in [0.25, 0.3) is 0 Å². The van der Waals surface area contributed by atoms with Gasteiger partial charge in [0.05, 0.1) is 19.5 Å².